The maximum atomic E-state index is 13.2. The monoisotopic (exact) mass is 477 g/mol. The van der Waals surface area contributed by atoms with Gasteiger partial charge < -0.3 is 24.8 Å². The van der Waals surface area contributed by atoms with Crippen molar-refractivity contribution in [1.29, 1.82) is 0 Å². The number of rotatable bonds is 6. The largest absolute Gasteiger partial charge is 0.468 e. The van der Waals surface area contributed by atoms with Gasteiger partial charge in [0.1, 0.15) is 0 Å². The molecule has 5 rings (SSSR count). The molecule has 3 aliphatic rings. The summed E-state index contributed by atoms with van der Waals surface area (Å²) in [7, 11) is 1.39. The summed E-state index contributed by atoms with van der Waals surface area (Å²) < 4.78 is 15.8. The van der Waals surface area contributed by atoms with Crippen LogP contribution in [0.25, 0.3) is 11.3 Å². The van der Waals surface area contributed by atoms with Gasteiger partial charge in [0.2, 0.25) is 6.79 Å². The van der Waals surface area contributed by atoms with Crippen LogP contribution in [0.3, 0.4) is 0 Å². The van der Waals surface area contributed by atoms with Gasteiger partial charge in [-0.15, -0.1) is 0 Å². The number of nitrogens with zero attached hydrogens (tertiary/aromatic N) is 1. The number of anilines is 1. The first-order valence-electron chi connectivity index (χ1n) is 11.6. The van der Waals surface area contributed by atoms with Gasteiger partial charge in [-0.1, -0.05) is 0 Å². The molecule has 2 aromatic rings. The Balaban J connectivity index is 1.51. The van der Waals surface area contributed by atoms with Crippen LogP contribution in [0.2, 0.25) is 0 Å². The van der Waals surface area contributed by atoms with Crippen LogP contribution >= 0.6 is 0 Å². The van der Waals surface area contributed by atoms with E-state index in [0.717, 1.165) is 31.5 Å². The Hall–Kier alpha value is -3.85. The number of nitrogens with one attached hydrogen (secondary N) is 2. The third kappa shape index (κ3) is 4.59. The van der Waals surface area contributed by atoms with Gasteiger partial charge in [0, 0.05) is 41.5 Å². The molecule has 0 atom stereocenters. The molecule has 3 heterocycles. The number of carbonyl (C=O) groups excluding carboxylic acids is 3. The zero-order valence-electron chi connectivity index (χ0n) is 19.7. The molecule has 1 amide bonds. The van der Waals surface area contributed by atoms with Crippen molar-refractivity contribution in [3.05, 3.63) is 53.1 Å². The number of hydrogen-bond donors (Lipinski definition) is 2. The van der Waals surface area contributed by atoms with E-state index < -0.39 is 0 Å². The van der Waals surface area contributed by atoms with Crippen molar-refractivity contribution in [2.75, 3.05) is 38.9 Å². The van der Waals surface area contributed by atoms with Gasteiger partial charge in [-0.05, 0) is 56.2 Å². The highest BCUT2D eigenvalue weighted by atomic mass is 16.7. The number of amides is 1. The Morgan fingerprint density at radius 1 is 1.09 bits per heavy atom. The minimum atomic E-state index is -0.250. The summed E-state index contributed by atoms with van der Waals surface area (Å²) in [5, 5.41) is 6.53. The first-order chi connectivity index (χ1) is 16.9. The summed E-state index contributed by atoms with van der Waals surface area (Å²) >= 11 is 0. The second kappa shape index (κ2) is 9.42. The third-order valence-electron chi connectivity index (χ3n) is 6.60. The number of fused-ring (bicyclic) bond motifs is 2. The van der Waals surface area contributed by atoms with Crippen LogP contribution in [0.15, 0.2) is 36.4 Å². The van der Waals surface area contributed by atoms with Crippen LogP contribution in [-0.2, 0) is 14.3 Å². The van der Waals surface area contributed by atoms with E-state index in [4.69, 9.17) is 14.2 Å². The highest BCUT2D eigenvalue weighted by Crippen LogP contribution is 2.40. The van der Waals surface area contributed by atoms with Crippen LogP contribution in [0.4, 0.5) is 5.69 Å². The van der Waals surface area contributed by atoms with Crippen molar-refractivity contribution in [1.82, 2.24) is 10.2 Å². The molecule has 0 aliphatic carbocycles. The molecule has 2 N–H and O–H groups in total. The average Bonchev–Trinajstić information content (AvgIpc) is 3.46. The number of likely N-dealkylation sites (tertiary alicyclic amines) is 1. The van der Waals surface area contributed by atoms with Crippen LogP contribution in [0.5, 0.6) is 11.5 Å². The van der Waals surface area contributed by atoms with Gasteiger partial charge in [0.25, 0.3) is 5.91 Å². The molecule has 35 heavy (non-hydrogen) atoms. The zero-order valence-corrected chi connectivity index (χ0v) is 19.7. The SMILES string of the molecule is COC(=O)CN1CCC(NC(=C2C(=O)Nc3ccc(C(C)=O)cc32)c2ccc3c(c2)OCO3)CC1. The van der Waals surface area contributed by atoms with E-state index in [0.29, 0.717) is 39.6 Å². The van der Waals surface area contributed by atoms with Crippen molar-refractivity contribution >= 4 is 34.6 Å². The molecule has 1 fully saturated rings. The first-order valence-corrected chi connectivity index (χ1v) is 11.6. The minimum Gasteiger partial charge on any atom is -0.468 e. The number of piperidine rings is 1. The topological polar surface area (TPSA) is 106 Å². The number of hydrogen-bond acceptors (Lipinski definition) is 8. The van der Waals surface area contributed by atoms with Crippen molar-refractivity contribution in [2.45, 2.75) is 25.8 Å². The number of Topliss-reactive ketones (excluding diaryl/α,β-unsaturated/α-hetero) is 1. The Morgan fingerprint density at radius 2 is 1.83 bits per heavy atom. The predicted octanol–water partition coefficient (Wildman–Crippen LogP) is 2.67. The Labute approximate surface area is 203 Å². The summed E-state index contributed by atoms with van der Waals surface area (Å²) in [6, 6.07) is 10.9. The standard InChI is InChI=1S/C26H27N3O6/c1-15(30)16-3-5-20-19(11-16)24(26(32)28-20)25(17-4-6-21-22(12-17)35-14-34-21)27-18-7-9-29(10-8-18)13-23(31)33-2/h3-6,11-12,18,27H,7-10,13-14H2,1-2H3,(H,28,32). The van der Waals surface area contributed by atoms with E-state index in [1.807, 2.05) is 18.2 Å². The lowest BCUT2D eigenvalue weighted by atomic mass is 9.96. The van der Waals surface area contributed by atoms with Gasteiger partial charge in [0.15, 0.2) is 17.3 Å². The maximum absolute atomic E-state index is 13.2. The van der Waals surface area contributed by atoms with Crippen molar-refractivity contribution in [3.63, 3.8) is 0 Å². The van der Waals surface area contributed by atoms with Crippen LogP contribution in [-0.4, -0.2) is 62.1 Å². The molecular weight excluding hydrogens is 450 g/mol. The zero-order chi connectivity index (χ0) is 24.5. The number of esters is 1. The molecule has 1 saturated heterocycles. The van der Waals surface area contributed by atoms with Gasteiger partial charge in [-0.3, -0.25) is 19.3 Å². The van der Waals surface area contributed by atoms with E-state index >= 15 is 0 Å². The predicted molar refractivity (Wildman–Crippen MR) is 129 cm³/mol. The van der Waals surface area contributed by atoms with E-state index in [-0.39, 0.29) is 37.0 Å². The molecule has 0 aromatic heterocycles. The molecular formula is C26H27N3O6. The summed E-state index contributed by atoms with van der Waals surface area (Å²) in [6.07, 6.45) is 1.58. The molecule has 3 aliphatic heterocycles. The van der Waals surface area contributed by atoms with Crippen molar-refractivity contribution in [3.8, 4) is 11.5 Å². The summed E-state index contributed by atoms with van der Waals surface area (Å²) in [4.78, 5) is 38.9. The lowest BCUT2D eigenvalue weighted by Crippen LogP contribution is -2.44. The second-order valence-electron chi connectivity index (χ2n) is 8.86. The molecule has 0 radical (unpaired) electrons. The van der Waals surface area contributed by atoms with E-state index in [2.05, 4.69) is 15.5 Å². The number of ether oxygens (including phenoxy) is 3. The molecule has 182 valence electrons. The fourth-order valence-corrected chi connectivity index (χ4v) is 4.67. The van der Waals surface area contributed by atoms with E-state index in [1.165, 1.54) is 14.0 Å². The van der Waals surface area contributed by atoms with Gasteiger partial charge in [-0.25, -0.2) is 0 Å². The Morgan fingerprint density at radius 3 is 2.57 bits per heavy atom. The number of methoxy groups -OCH3 is 1. The minimum absolute atomic E-state index is 0.0675. The molecule has 0 unspecified atom stereocenters. The quantitative estimate of drug-likeness (QED) is 0.372. The number of ketones is 1. The molecule has 0 saturated carbocycles. The maximum Gasteiger partial charge on any atom is 0.319 e. The Bertz CT molecular complexity index is 1230. The van der Waals surface area contributed by atoms with Crippen LogP contribution in [0.1, 0.15) is 41.3 Å². The molecule has 9 nitrogen and oxygen atoms in total. The van der Waals surface area contributed by atoms with Gasteiger partial charge in [-0.2, -0.15) is 0 Å². The fourth-order valence-electron chi connectivity index (χ4n) is 4.67. The summed E-state index contributed by atoms with van der Waals surface area (Å²) in [5.74, 6) is 0.724. The van der Waals surface area contributed by atoms with E-state index in [9.17, 15) is 14.4 Å². The number of benzene rings is 2. The highest BCUT2D eigenvalue weighted by Gasteiger charge is 2.31. The normalized spacial score (nSPS) is 18.6. The van der Waals surface area contributed by atoms with E-state index in [1.54, 1.807) is 18.2 Å². The summed E-state index contributed by atoms with van der Waals surface area (Å²) in [6.45, 7) is 3.39. The molecule has 0 bridgehead atoms. The van der Waals surface area contributed by atoms with Crippen molar-refractivity contribution < 1.29 is 28.6 Å². The van der Waals surface area contributed by atoms with Gasteiger partial charge in [0.05, 0.1) is 24.9 Å². The smallest absolute Gasteiger partial charge is 0.319 e. The van der Waals surface area contributed by atoms with Crippen LogP contribution in [0, 0.1) is 0 Å². The summed E-state index contributed by atoms with van der Waals surface area (Å²) in [5.41, 5.74) is 3.84. The van der Waals surface area contributed by atoms with Crippen LogP contribution < -0.4 is 20.1 Å². The first kappa shape index (κ1) is 22.9. The Kier molecular flexibility index (Phi) is 6.17. The van der Waals surface area contributed by atoms with Gasteiger partial charge >= 0.3 is 5.97 Å². The second-order valence-corrected chi connectivity index (χ2v) is 8.86. The average molecular weight is 478 g/mol. The van der Waals surface area contributed by atoms with Crippen molar-refractivity contribution in [2.24, 2.45) is 0 Å². The lowest BCUT2D eigenvalue weighted by molar-refractivity contribution is -0.142. The fraction of sp³-hybridized carbons (Fsp3) is 0.346. The lowest BCUT2D eigenvalue weighted by Gasteiger charge is -2.33. The molecule has 9 heteroatoms. The highest BCUT2D eigenvalue weighted by molar-refractivity contribution is 6.36. The third-order valence-corrected chi connectivity index (χ3v) is 6.60. The molecule has 2 aromatic carbocycles. The number of carbonyl (C=O) groups is 3. The molecule has 0 spiro atoms.